The van der Waals surface area contributed by atoms with Gasteiger partial charge in [-0.3, -0.25) is 14.2 Å². The van der Waals surface area contributed by atoms with Crippen LogP contribution >= 0.6 is 11.3 Å². The van der Waals surface area contributed by atoms with E-state index in [9.17, 15) is 9.59 Å². The lowest BCUT2D eigenvalue weighted by atomic mass is 9.89. The highest BCUT2D eigenvalue weighted by Gasteiger charge is 2.33. The molecule has 0 amide bonds. The van der Waals surface area contributed by atoms with Crippen LogP contribution < -0.4 is 19.6 Å². The van der Waals surface area contributed by atoms with E-state index in [1.807, 2.05) is 79.9 Å². The first-order chi connectivity index (χ1) is 17.5. The molecule has 1 N–H and O–H groups in total. The monoisotopic (exact) mass is 493 g/mol. The molecule has 0 fully saturated rings. The van der Waals surface area contributed by atoms with E-state index in [4.69, 9.17) is 9.73 Å². The number of Topliss-reactive ketones (excluding diaryl/α,β-unsaturated/α-hetero) is 1. The zero-order valence-corrected chi connectivity index (χ0v) is 20.8. The smallest absolute Gasteiger partial charge is 0.271 e. The number of benzene rings is 3. The molecule has 0 bridgehead atoms. The van der Waals surface area contributed by atoms with Crippen LogP contribution in [0.2, 0.25) is 0 Å². The van der Waals surface area contributed by atoms with E-state index < -0.39 is 6.04 Å². The molecular weight excluding hydrogens is 470 g/mol. The van der Waals surface area contributed by atoms with Crippen molar-refractivity contribution in [1.82, 2.24) is 9.55 Å². The van der Waals surface area contributed by atoms with Crippen molar-refractivity contribution in [2.75, 3.05) is 7.11 Å². The first-order valence-electron chi connectivity index (χ1n) is 11.6. The summed E-state index contributed by atoms with van der Waals surface area (Å²) in [6, 6.07) is 19.2. The van der Waals surface area contributed by atoms with Gasteiger partial charge in [-0.15, -0.1) is 0 Å². The van der Waals surface area contributed by atoms with Gasteiger partial charge in [0.15, 0.2) is 10.6 Å². The van der Waals surface area contributed by atoms with Crippen molar-refractivity contribution in [2.45, 2.75) is 19.9 Å². The minimum absolute atomic E-state index is 0.123. The number of nitrogens with one attached hydrogen (secondary N) is 1. The number of hydrogen-bond acceptors (Lipinski definition) is 5. The first kappa shape index (κ1) is 22.2. The number of hydrogen-bond donors (Lipinski definition) is 1. The fourth-order valence-electron chi connectivity index (χ4n) is 5.13. The van der Waals surface area contributed by atoms with E-state index in [1.165, 1.54) is 18.3 Å². The highest BCUT2D eigenvalue weighted by molar-refractivity contribution is 7.07. The van der Waals surface area contributed by atoms with Gasteiger partial charge < -0.3 is 9.72 Å². The van der Waals surface area contributed by atoms with Crippen molar-refractivity contribution in [1.29, 1.82) is 0 Å². The number of fused-ring (bicyclic) bond motifs is 3. The van der Waals surface area contributed by atoms with Gasteiger partial charge in [0.1, 0.15) is 5.75 Å². The number of ether oxygens (including phenoxy) is 1. The number of rotatable bonds is 4. The number of thiazole rings is 1. The number of methoxy groups -OCH3 is 1. The zero-order chi connectivity index (χ0) is 25.0. The fourth-order valence-corrected chi connectivity index (χ4v) is 6.17. The second-order valence-corrected chi connectivity index (χ2v) is 9.84. The molecule has 0 saturated heterocycles. The van der Waals surface area contributed by atoms with E-state index in [1.54, 1.807) is 11.7 Å². The van der Waals surface area contributed by atoms with Gasteiger partial charge in [-0.2, -0.15) is 0 Å². The highest BCUT2D eigenvalue weighted by Crippen LogP contribution is 2.40. The standard InChI is InChI=1S/C29H23N3O3S/c1-16-25(17(2)33)27(26-21-10-5-4-8-18(21)12-13-23(26)35-3)32-28(34)24(36-29(32)31-16)14-19-15-30-22-11-7-6-9-20(19)22/h4-15,27,30H,1-3H3/b24-14+. The third-order valence-electron chi connectivity index (χ3n) is 6.73. The summed E-state index contributed by atoms with van der Waals surface area (Å²) in [5.41, 5.74) is 3.64. The highest BCUT2D eigenvalue weighted by atomic mass is 32.1. The maximum atomic E-state index is 14.0. The Morgan fingerprint density at radius 3 is 2.61 bits per heavy atom. The molecule has 1 aliphatic heterocycles. The Balaban J connectivity index is 1.68. The molecule has 1 atom stereocenters. The Hall–Kier alpha value is -4.23. The van der Waals surface area contributed by atoms with Gasteiger partial charge in [0.2, 0.25) is 0 Å². The molecule has 7 heteroatoms. The predicted molar refractivity (Wildman–Crippen MR) is 143 cm³/mol. The van der Waals surface area contributed by atoms with E-state index in [0.29, 0.717) is 26.4 Å². The number of para-hydroxylation sites is 1. The number of aromatic nitrogens is 2. The summed E-state index contributed by atoms with van der Waals surface area (Å²) in [6.45, 7) is 3.36. The second-order valence-electron chi connectivity index (χ2n) is 8.83. The fraction of sp³-hybridized carbons (Fsp3) is 0.138. The van der Waals surface area contributed by atoms with Crippen molar-refractivity contribution in [3.05, 3.63) is 109 Å². The summed E-state index contributed by atoms with van der Waals surface area (Å²) in [6.07, 6.45) is 3.80. The minimum atomic E-state index is -0.648. The van der Waals surface area contributed by atoms with Gasteiger partial charge in [0.05, 0.1) is 17.7 Å². The molecule has 3 aromatic carbocycles. The van der Waals surface area contributed by atoms with Gasteiger partial charge in [0.25, 0.3) is 5.56 Å². The Morgan fingerprint density at radius 1 is 1.08 bits per heavy atom. The normalized spacial score (nSPS) is 15.9. The van der Waals surface area contributed by atoms with Crippen LogP contribution in [0.4, 0.5) is 0 Å². The summed E-state index contributed by atoms with van der Waals surface area (Å²) in [5.74, 6) is 0.500. The molecule has 1 unspecified atom stereocenters. The minimum Gasteiger partial charge on any atom is -0.496 e. The van der Waals surface area contributed by atoms with Crippen LogP contribution in [0.1, 0.15) is 31.0 Å². The molecule has 0 spiro atoms. The summed E-state index contributed by atoms with van der Waals surface area (Å²) in [7, 11) is 1.61. The van der Waals surface area contributed by atoms with Crippen LogP contribution in [0.15, 0.2) is 87.9 Å². The lowest BCUT2D eigenvalue weighted by Crippen LogP contribution is -2.39. The molecule has 0 saturated carbocycles. The van der Waals surface area contributed by atoms with Crippen LogP contribution in [0, 0.1) is 0 Å². The van der Waals surface area contributed by atoms with Crippen molar-refractivity contribution < 1.29 is 9.53 Å². The molecule has 2 aromatic heterocycles. The summed E-state index contributed by atoms with van der Waals surface area (Å²) < 4.78 is 7.98. The third kappa shape index (κ3) is 3.35. The summed E-state index contributed by atoms with van der Waals surface area (Å²) >= 11 is 1.33. The molecule has 0 radical (unpaired) electrons. The average molecular weight is 494 g/mol. The SMILES string of the molecule is COc1ccc2ccccc2c1C1C(C(C)=O)=C(C)N=c2s/c(=C/c3c[nH]c4ccccc34)c(=O)n21. The Morgan fingerprint density at radius 2 is 1.83 bits per heavy atom. The van der Waals surface area contributed by atoms with Crippen LogP contribution in [0.3, 0.4) is 0 Å². The molecule has 0 aliphatic carbocycles. The number of ketones is 1. The predicted octanol–water partition coefficient (Wildman–Crippen LogP) is 4.47. The van der Waals surface area contributed by atoms with Crippen LogP contribution in [-0.2, 0) is 4.79 Å². The maximum absolute atomic E-state index is 14.0. The van der Waals surface area contributed by atoms with Crippen molar-refractivity contribution in [2.24, 2.45) is 4.99 Å². The van der Waals surface area contributed by atoms with Crippen LogP contribution in [0.5, 0.6) is 5.75 Å². The number of H-pyrrole nitrogens is 1. The van der Waals surface area contributed by atoms with E-state index in [2.05, 4.69) is 4.98 Å². The Kier molecular flexibility index (Phi) is 5.23. The molecule has 5 aromatic rings. The quantitative estimate of drug-likeness (QED) is 0.401. The second kappa shape index (κ2) is 8.46. The zero-order valence-electron chi connectivity index (χ0n) is 20.0. The third-order valence-corrected chi connectivity index (χ3v) is 7.72. The van der Waals surface area contributed by atoms with Crippen molar-refractivity contribution in [3.63, 3.8) is 0 Å². The van der Waals surface area contributed by atoms with Gasteiger partial charge in [-0.25, -0.2) is 4.99 Å². The summed E-state index contributed by atoms with van der Waals surface area (Å²) in [5, 5.41) is 2.98. The number of allylic oxidation sites excluding steroid dienone is 2. The van der Waals surface area contributed by atoms with Gasteiger partial charge in [-0.1, -0.05) is 59.9 Å². The molecule has 1 aliphatic rings. The van der Waals surface area contributed by atoms with Crippen molar-refractivity contribution >= 4 is 44.9 Å². The van der Waals surface area contributed by atoms with E-state index in [0.717, 1.165) is 32.8 Å². The average Bonchev–Trinajstić information content (AvgIpc) is 3.43. The summed E-state index contributed by atoms with van der Waals surface area (Å²) in [4.78, 5) is 35.5. The molecule has 178 valence electrons. The molecular formula is C29H23N3O3S. The van der Waals surface area contributed by atoms with E-state index >= 15 is 0 Å². The first-order valence-corrected chi connectivity index (χ1v) is 12.4. The number of carbonyl (C=O) groups is 1. The molecule has 6 rings (SSSR count). The van der Waals surface area contributed by atoms with Gasteiger partial charge in [0, 0.05) is 39.5 Å². The van der Waals surface area contributed by atoms with Crippen molar-refractivity contribution in [3.8, 4) is 5.75 Å². The largest absolute Gasteiger partial charge is 0.496 e. The molecule has 36 heavy (non-hydrogen) atoms. The van der Waals surface area contributed by atoms with Gasteiger partial charge in [-0.05, 0) is 42.8 Å². The maximum Gasteiger partial charge on any atom is 0.271 e. The van der Waals surface area contributed by atoms with Crippen LogP contribution in [-0.4, -0.2) is 22.4 Å². The van der Waals surface area contributed by atoms with E-state index in [-0.39, 0.29) is 11.3 Å². The topological polar surface area (TPSA) is 76.4 Å². The Bertz CT molecular complexity index is 1910. The van der Waals surface area contributed by atoms with Gasteiger partial charge >= 0.3 is 0 Å². The molecule has 6 nitrogen and oxygen atoms in total. The number of nitrogens with zero attached hydrogens (tertiary/aromatic N) is 2. The van der Waals surface area contributed by atoms with Crippen LogP contribution in [0.25, 0.3) is 27.8 Å². The number of aromatic amines is 1. The Labute approximate surface area is 210 Å². The lowest BCUT2D eigenvalue weighted by molar-refractivity contribution is -0.114. The molecule has 3 heterocycles. The lowest BCUT2D eigenvalue weighted by Gasteiger charge is -2.27. The number of carbonyl (C=O) groups excluding carboxylic acids is 1.